The summed E-state index contributed by atoms with van der Waals surface area (Å²) in [5.41, 5.74) is 0.784. The average Bonchev–Trinajstić information content (AvgIpc) is 2.86. The van der Waals surface area contributed by atoms with E-state index in [-0.39, 0.29) is 11.7 Å². The monoisotopic (exact) mass is 335 g/mol. The van der Waals surface area contributed by atoms with Crippen LogP contribution in [0.2, 0.25) is 0 Å². The molecule has 2 aliphatic carbocycles. The van der Waals surface area contributed by atoms with Crippen molar-refractivity contribution in [3.05, 3.63) is 59.7 Å². The van der Waals surface area contributed by atoms with Crippen molar-refractivity contribution in [1.29, 1.82) is 0 Å². The highest BCUT2D eigenvalue weighted by molar-refractivity contribution is 6.07. The van der Waals surface area contributed by atoms with Crippen LogP contribution in [-0.2, 0) is 4.79 Å². The molecule has 1 aromatic carbocycles. The van der Waals surface area contributed by atoms with Crippen molar-refractivity contribution in [1.82, 2.24) is 5.32 Å². The molecule has 1 unspecified atom stereocenters. The summed E-state index contributed by atoms with van der Waals surface area (Å²) in [6.07, 6.45) is 14.1. The number of amides is 1. The third-order valence-electron chi connectivity index (χ3n) is 6.15. The van der Waals surface area contributed by atoms with E-state index >= 15 is 0 Å². The first-order valence-corrected chi connectivity index (χ1v) is 9.49. The zero-order chi connectivity index (χ0) is 17.3. The molecule has 130 valence electrons. The molecule has 1 aromatic rings. The molecule has 1 amide bonds. The molecule has 1 heterocycles. The van der Waals surface area contributed by atoms with Gasteiger partial charge >= 0.3 is 0 Å². The van der Waals surface area contributed by atoms with E-state index in [1.54, 1.807) is 6.08 Å². The van der Waals surface area contributed by atoms with E-state index in [4.69, 9.17) is 0 Å². The lowest BCUT2D eigenvalue weighted by Gasteiger charge is -2.37. The largest absolute Gasteiger partial charge is 0.343 e. The van der Waals surface area contributed by atoms with Gasteiger partial charge in [-0.15, -0.1) is 0 Å². The van der Waals surface area contributed by atoms with Gasteiger partial charge in [0, 0.05) is 5.56 Å². The van der Waals surface area contributed by atoms with E-state index in [1.807, 2.05) is 30.3 Å². The second-order valence-electron chi connectivity index (χ2n) is 7.65. The Morgan fingerprint density at radius 1 is 1.00 bits per heavy atom. The van der Waals surface area contributed by atoms with Crippen LogP contribution in [0.1, 0.15) is 61.7 Å². The first-order chi connectivity index (χ1) is 12.2. The number of rotatable bonds is 2. The minimum Gasteiger partial charge on any atom is -0.343 e. The average molecular weight is 335 g/mol. The SMILES string of the molecule is O=C(C=C1C2(C=CCCC2)NC(=O)C12CCCCC2)c1ccccc1. The highest BCUT2D eigenvalue weighted by Crippen LogP contribution is 2.53. The van der Waals surface area contributed by atoms with Gasteiger partial charge < -0.3 is 5.32 Å². The summed E-state index contributed by atoms with van der Waals surface area (Å²) < 4.78 is 0. The zero-order valence-electron chi connectivity index (χ0n) is 14.6. The fourth-order valence-electron chi connectivity index (χ4n) is 4.87. The van der Waals surface area contributed by atoms with Crippen LogP contribution in [0.25, 0.3) is 0 Å². The second-order valence-corrected chi connectivity index (χ2v) is 7.65. The Kier molecular flexibility index (Phi) is 4.10. The molecule has 0 aromatic heterocycles. The molecule has 25 heavy (non-hydrogen) atoms. The van der Waals surface area contributed by atoms with Crippen LogP contribution in [0.3, 0.4) is 0 Å². The number of hydrogen-bond acceptors (Lipinski definition) is 2. The van der Waals surface area contributed by atoms with E-state index in [1.165, 1.54) is 6.42 Å². The van der Waals surface area contributed by atoms with Gasteiger partial charge in [0.25, 0.3) is 0 Å². The van der Waals surface area contributed by atoms with E-state index in [0.29, 0.717) is 5.56 Å². The summed E-state index contributed by atoms with van der Waals surface area (Å²) in [7, 11) is 0. The number of carbonyl (C=O) groups is 2. The van der Waals surface area contributed by atoms with Crippen molar-refractivity contribution in [3.63, 3.8) is 0 Å². The van der Waals surface area contributed by atoms with Gasteiger partial charge in [-0.25, -0.2) is 0 Å². The second kappa shape index (κ2) is 6.29. The van der Waals surface area contributed by atoms with E-state index in [9.17, 15) is 9.59 Å². The van der Waals surface area contributed by atoms with E-state index in [0.717, 1.165) is 50.5 Å². The third kappa shape index (κ3) is 2.66. The summed E-state index contributed by atoms with van der Waals surface area (Å²) in [6.45, 7) is 0. The minimum absolute atomic E-state index is 0.00963. The topological polar surface area (TPSA) is 46.2 Å². The van der Waals surface area contributed by atoms with Crippen LogP contribution < -0.4 is 5.32 Å². The number of hydrogen-bond donors (Lipinski definition) is 1. The fourth-order valence-corrected chi connectivity index (χ4v) is 4.87. The molecule has 3 aliphatic rings. The van der Waals surface area contributed by atoms with Crippen LogP contribution in [0, 0.1) is 5.41 Å². The predicted molar refractivity (Wildman–Crippen MR) is 98.2 cm³/mol. The number of benzene rings is 1. The van der Waals surface area contributed by atoms with Gasteiger partial charge in [-0.1, -0.05) is 61.7 Å². The van der Waals surface area contributed by atoms with E-state index < -0.39 is 11.0 Å². The van der Waals surface area contributed by atoms with Gasteiger partial charge in [0.1, 0.15) is 0 Å². The van der Waals surface area contributed by atoms with Crippen molar-refractivity contribution in [3.8, 4) is 0 Å². The molecule has 0 bridgehead atoms. The maximum atomic E-state index is 13.1. The van der Waals surface area contributed by atoms with E-state index in [2.05, 4.69) is 17.5 Å². The van der Waals surface area contributed by atoms with Crippen molar-refractivity contribution in [2.45, 2.75) is 56.9 Å². The molecule has 1 N–H and O–H groups in total. The summed E-state index contributed by atoms with van der Waals surface area (Å²) >= 11 is 0. The van der Waals surface area contributed by atoms with Crippen molar-refractivity contribution in [2.24, 2.45) is 5.41 Å². The minimum atomic E-state index is -0.482. The van der Waals surface area contributed by atoms with Crippen LogP contribution in [0.4, 0.5) is 0 Å². The first-order valence-electron chi connectivity index (χ1n) is 9.49. The van der Waals surface area contributed by atoms with Gasteiger partial charge in [0.2, 0.25) is 5.91 Å². The first kappa shape index (κ1) is 16.3. The predicted octanol–water partition coefficient (Wildman–Crippen LogP) is 4.35. The lowest BCUT2D eigenvalue weighted by Crippen LogP contribution is -2.42. The smallest absolute Gasteiger partial charge is 0.231 e. The highest BCUT2D eigenvalue weighted by Gasteiger charge is 2.57. The Labute approximate surface area is 149 Å². The van der Waals surface area contributed by atoms with Gasteiger partial charge in [-0.05, 0) is 43.8 Å². The van der Waals surface area contributed by atoms with Crippen LogP contribution in [0.15, 0.2) is 54.1 Å². The Hall–Kier alpha value is -2.16. The number of ketones is 1. The van der Waals surface area contributed by atoms with Gasteiger partial charge in [0.15, 0.2) is 5.78 Å². The molecule has 3 nitrogen and oxygen atoms in total. The molecule has 1 saturated heterocycles. The Morgan fingerprint density at radius 3 is 2.44 bits per heavy atom. The molecular weight excluding hydrogens is 310 g/mol. The standard InChI is InChI=1S/C22H25NO2/c24-18(17-10-4-1-5-11-17)16-19-21(12-6-2-7-13-21)20(25)23-22(19)14-8-3-9-15-22/h1,4-5,8,10-11,14,16H,2-3,6-7,9,12-13,15H2,(H,23,25). The molecule has 3 heteroatoms. The Bertz CT molecular complexity index is 741. The molecule has 1 saturated carbocycles. The molecule has 1 aliphatic heterocycles. The normalized spacial score (nSPS) is 29.3. The van der Waals surface area contributed by atoms with Crippen LogP contribution in [0.5, 0.6) is 0 Å². The fraction of sp³-hybridized carbons (Fsp3) is 0.455. The van der Waals surface area contributed by atoms with Gasteiger partial charge in [-0.3, -0.25) is 9.59 Å². The molecule has 0 radical (unpaired) electrons. The van der Waals surface area contributed by atoms with Gasteiger partial charge in [-0.2, -0.15) is 0 Å². The third-order valence-corrected chi connectivity index (χ3v) is 6.15. The molecule has 2 spiro atoms. The maximum Gasteiger partial charge on any atom is 0.231 e. The maximum absolute atomic E-state index is 13.1. The Morgan fingerprint density at radius 2 is 1.76 bits per heavy atom. The molecule has 1 atom stereocenters. The zero-order valence-corrected chi connectivity index (χ0v) is 14.6. The number of allylic oxidation sites excluding steroid dienone is 2. The number of nitrogens with one attached hydrogen (secondary N) is 1. The lowest BCUT2D eigenvalue weighted by molar-refractivity contribution is -0.128. The molecular formula is C22H25NO2. The Balaban J connectivity index is 1.81. The van der Waals surface area contributed by atoms with Gasteiger partial charge in [0.05, 0.1) is 11.0 Å². The summed E-state index contributed by atoms with van der Waals surface area (Å²) in [5.74, 6) is 0.140. The summed E-state index contributed by atoms with van der Waals surface area (Å²) in [5, 5.41) is 3.29. The van der Waals surface area contributed by atoms with Crippen molar-refractivity contribution >= 4 is 11.7 Å². The lowest BCUT2D eigenvalue weighted by atomic mass is 9.64. The van der Waals surface area contributed by atoms with Crippen molar-refractivity contribution in [2.75, 3.05) is 0 Å². The molecule has 4 rings (SSSR count). The summed E-state index contributed by atoms with van der Waals surface area (Å²) in [4.78, 5) is 26.0. The number of carbonyl (C=O) groups excluding carboxylic acids is 2. The van der Waals surface area contributed by atoms with Crippen molar-refractivity contribution < 1.29 is 9.59 Å². The highest BCUT2D eigenvalue weighted by atomic mass is 16.2. The van der Waals surface area contributed by atoms with Crippen LogP contribution >= 0.6 is 0 Å². The quantitative estimate of drug-likeness (QED) is 0.496. The summed E-state index contributed by atoms with van der Waals surface area (Å²) in [6, 6.07) is 9.38. The molecule has 2 fully saturated rings. The van der Waals surface area contributed by atoms with Crippen LogP contribution in [-0.4, -0.2) is 17.2 Å².